The summed E-state index contributed by atoms with van der Waals surface area (Å²) in [6.45, 7) is 13.7. The van der Waals surface area contributed by atoms with E-state index in [4.69, 9.17) is 9.47 Å². The van der Waals surface area contributed by atoms with Crippen molar-refractivity contribution in [2.24, 2.45) is 17.3 Å². The minimum atomic E-state index is -1.27. The highest BCUT2D eigenvalue weighted by atomic mass is 16.6. The maximum absolute atomic E-state index is 14.6. The number of hydrogen-bond donors (Lipinski definition) is 1. The first kappa shape index (κ1) is 29.8. The molecular weight excluding hydrogens is 496 g/mol. The topological polar surface area (TPSA) is 96.4 Å². The smallest absolute Gasteiger partial charge is 0.313 e. The number of hydrogen-bond acceptors (Lipinski definition) is 6. The second-order valence-electron chi connectivity index (χ2n) is 13.8. The number of esters is 1. The van der Waals surface area contributed by atoms with E-state index in [1.807, 2.05) is 36.1 Å². The van der Waals surface area contributed by atoms with Gasteiger partial charge in [0.2, 0.25) is 11.8 Å². The van der Waals surface area contributed by atoms with Crippen LogP contribution in [0.25, 0.3) is 0 Å². The Morgan fingerprint density at radius 3 is 2.41 bits per heavy atom. The molecule has 0 aromatic carbocycles. The minimum Gasteiger partial charge on any atom is -0.465 e. The highest BCUT2D eigenvalue weighted by Crippen LogP contribution is 2.57. The predicted octanol–water partition coefficient (Wildman–Crippen LogP) is 4.02. The molecule has 0 aliphatic carbocycles. The van der Waals surface area contributed by atoms with E-state index in [0.717, 1.165) is 32.1 Å². The zero-order chi connectivity index (χ0) is 28.6. The van der Waals surface area contributed by atoms with Gasteiger partial charge in [0.1, 0.15) is 17.6 Å². The summed E-state index contributed by atoms with van der Waals surface area (Å²) >= 11 is 0. The van der Waals surface area contributed by atoms with Gasteiger partial charge in [-0.1, -0.05) is 45.1 Å². The summed E-state index contributed by atoms with van der Waals surface area (Å²) < 4.78 is 12.6. The average Bonchev–Trinajstić information content (AvgIpc) is 3.14. The van der Waals surface area contributed by atoms with Crippen molar-refractivity contribution in [1.82, 2.24) is 9.80 Å². The van der Waals surface area contributed by atoms with E-state index in [0.29, 0.717) is 32.5 Å². The summed E-state index contributed by atoms with van der Waals surface area (Å²) in [5.41, 5.74) is -2.82. The normalized spacial score (nSPS) is 34.3. The molecule has 39 heavy (non-hydrogen) atoms. The van der Waals surface area contributed by atoms with Crippen molar-refractivity contribution < 1.29 is 29.0 Å². The van der Waals surface area contributed by atoms with Gasteiger partial charge in [0, 0.05) is 25.2 Å². The molecule has 1 spiro atoms. The van der Waals surface area contributed by atoms with Crippen molar-refractivity contribution in [2.75, 3.05) is 26.3 Å². The molecule has 1 N–H and O–H groups in total. The lowest BCUT2D eigenvalue weighted by Crippen LogP contribution is -2.60. The maximum atomic E-state index is 14.6. The third-order valence-corrected chi connectivity index (χ3v) is 8.75. The number of likely N-dealkylation sites (tertiary alicyclic amines) is 1. The molecule has 218 valence electrons. The summed E-state index contributed by atoms with van der Waals surface area (Å²) in [5.74, 6) is -2.51. The van der Waals surface area contributed by atoms with Crippen molar-refractivity contribution in [3.05, 3.63) is 24.3 Å². The van der Waals surface area contributed by atoms with Crippen molar-refractivity contribution in [2.45, 2.75) is 109 Å². The molecule has 0 saturated carbocycles. The molecule has 0 aromatic heterocycles. The van der Waals surface area contributed by atoms with Gasteiger partial charge >= 0.3 is 5.97 Å². The van der Waals surface area contributed by atoms with Gasteiger partial charge in [-0.05, 0) is 71.1 Å². The quantitative estimate of drug-likeness (QED) is 0.296. The third-order valence-electron chi connectivity index (χ3n) is 8.75. The van der Waals surface area contributed by atoms with Crippen LogP contribution in [0.3, 0.4) is 0 Å². The van der Waals surface area contributed by atoms with Gasteiger partial charge in [-0.25, -0.2) is 0 Å². The van der Waals surface area contributed by atoms with Crippen LogP contribution in [0, 0.1) is 17.3 Å². The van der Waals surface area contributed by atoms with E-state index >= 15 is 0 Å². The number of fused-ring (bicyclic) bond motifs is 2. The Morgan fingerprint density at radius 1 is 0.974 bits per heavy atom. The molecular formula is C31H48N2O6. The number of amides is 2. The first-order chi connectivity index (χ1) is 18.3. The van der Waals surface area contributed by atoms with Crippen LogP contribution >= 0.6 is 0 Å². The Hall–Kier alpha value is -2.19. The van der Waals surface area contributed by atoms with E-state index < -0.39 is 40.6 Å². The van der Waals surface area contributed by atoms with Gasteiger partial charge in [-0.2, -0.15) is 0 Å². The Balaban J connectivity index is 1.80. The fourth-order valence-electron chi connectivity index (χ4n) is 7.55. The molecule has 0 radical (unpaired) electrons. The molecule has 2 amide bonds. The summed E-state index contributed by atoms with van der Waals surface area (Å²) in [7, 11) is 0. The number of ether oxygens (including phenoxy) is 2. The predicted molar refractivity (Wildman–Crippen MR) is 149 cm³/mol. The molecule has 8 heteroatoms. The van der Waals surface area contributed by atoms with Gasteiger partial charge in [-0.15, -0.1) is 0 Å². The van der Waals surface area contributed by atoms with Crippen LogP contribution in [0.4, 0.5) is 0 Å². The second kappa shape index (κ2) is 11.0. The van der Waals surface area contributed by atoms with Crippen LogP contribution in [0.2, 0.25) is 0 Å². The number of nitrogens with zero attached hydrogens (tertiary/aromatic N) is 2. The molecule has 4 aliphatic rings. The molecule has 0 aromatic rings. The fourth-order valence-corrected chi connectivity index (χ4v) is 7.55. The average molecular weight is 545 g/mol. The summed E-state index contributed by atoms with van der Waals surface area (Å²) in [4.78, 5) is 46.1. The molecule has 0 bridgehead atoms. The summed E-state index contributed by atoms with van der Waals surface area (Å²) in [6, 6.07) is -0.877. The van der Waals surface area contributed by atoms with Crippen LogP contribution in [-0.4, -0.2) is 81.8 Å². The van der Waals surface area contributed by atoms with Crippen LogP contribution < -0.4 is 0 Å². The number of rotatable bonds is 7. The Labute approximate surface area is 233 Å². The van der Waals surface area contributed by atoms with Gasteiger partial charge in [0.25, 0.3) is 0 Å². The molecule has 8 nitrogen and oxygen atoms in total. The first-order valence-corrected chi connectivity index (χ1v) is 14.7. The van der Waals surface area contributed by atoms with Gasteiger partial charge < -0.3 is 24.4 Å². The van der Waals surface area contributed by atoms with Crippen LogP contribution in [0.15, 0.2) is 24.3 Å². The number of carbonyl (C=O) groups excluding carboxylic acids is 3. The van der Waals surface area contributed by atoms with E-state index in [1.54, 1.807) is 4.90 Å². The number of cyclic esters (lactones) is 1. The van der Waals surface area contributed by atoms with Crippen LogP contribution in [0.5, 0.6) is 0 Å². The van der Waals surface area contributed by atoms with Crippen molar-refractivity contribution >= 4 is 17.8 Å². The van der Waals surface area contributed by atoms with Crippen LogP contribution in [-0.2, 0) is 23.9 Å². The zero-order valence-electron chi connectivity index (χ0n) is 24.7. The van der Waals surface area contributed by atoms with E-state index in [-0.39, 0.29) is 23.8 Å². The molecule has 5 atom stereocenters. The molecule has 1 unspecified atom stereocenters. The highest BCUT2D eigenvalue weighted by molar-refractivity contribution is 5.99. The second-order valence-corrected chi connectivity index (χ2v) is 13.8. The summed E-state index contributed by atoms with van der Waals surface area (Å²) in [5, 5.41) is 9.28. The van der Waals surface area contributed by atoms with Crippen molar-refractivity contribution in [3.63, 3.8) is 0 Å². The Bertz CT molecular complexity index is 1010. The van der Waals surface area contributed by atoms with Gasteiger partial charge in [-0.3, -0.25) is 14.4 Å². The molecule has 4 aliphatic heterocycles. The monoisotopic (exact) mass is 544 g/mol. The molecule has 2 fully saturated rings. The molecule has 2 saturated heterocycles. The Kier molecular flexibility index (Phi) is 8.40. The zero-order valence-corrected chi connectivity index (χ0v) is 24.7. The van der Waals surface area contributed by atoms with Gasteiger partial charge in [0.15, 0.2) is 0 Å². The third kappa shape index (κ3) is 5.56. The van der Waals surface area contributed by atoms with Crippen LogP contribution in [0.1, 0.15) is 86.5 Å². The standard InChI is InChI=1S/C31H48N2O6/c1-28(2,3)21-29(4,5)33-18-14-16-31-22(25(35)32(24(31)26(33)36)17-11-9-12-19-34)23-27(37)38-20-13-8-7-10-15-30(23,6)39-31/h10,14-16,22-24,34H,7-9,11-13,17-21H2,1-6H3/b15-10-/t22-,23+,24?,30-,31-/m0/s1. The number of aliphatic hydroxyl groups is 1. The minimum absolute atomic E-state index is 0.0101. The Morgan fingerprint density at radius 2 is 1.72 bits per heavy atom. The largest absolute Gasteiger partial charge is 0.465 e. The number of unbranched alkanes of at least 4 members (excludes halogenated alkanes) is 2. The fraction of sp³-hybridized carbons (Fsp3) is 0.774. The first-order valence-electron chi connectivity index (χ1n) is 14.7. The van der Waals surface area contributed by atoms with Crippen molar-refractivity contribution in [1.29, 1.82) is 0 Å². The molecule has 4 rings (SSSR count). The van der Waals surface area contributed by atoms with E-state index in [1.165, 1.54) is 0 Å². The lowest BCUT2D eigenvalue weighted by Gasteiger charge is -2.45. The number of allylic oxidation sites excluding steroid dienone is 1. The maximum Gasteiger partial charge on any atom is 0.313 e. The van der Waals surface area contributed by atoms with E-state index in [9.17, 15) is 19.5 Å². The van der Waals surface area contributed by atoms with Gasteiger partial charge in [0.05, 0.1) is 18.1 Å². The lowest BCUT2D eigenvalue weighted by molar-refractivity contribution is -0.161. The number of aliphatic hydroxyl groups excluding tert-OH is 1. The lowest BCUT2D eigenvalue weighted by atomic mass is 9.74. The summed E-state index contributed by atoms with van der Waals surface area (Å²) in [6.07, 6.45) is 13.1. The molecule has 4 heterocycles. The number of carbonyl (C=O) groups is 3. The van der Waals surface area contributed by atoms with E-state index in [2.05, 4.69) is 34.6 Å². The van der Waals surface area contributed by atoms with Crippen molar-refractivity contribution in [3.8, 4) is 0 Å². The SMILES string of the molecule is CC(C)(C)CC(C)(C)N1CC=C[C@]23O[C@@]4(C)/C=C\CCCCOC(=O)[C@H]4[C@H]2C(=O)N(CCCCCO)C3C1=O. The highest BCUT2D eigenvalue weighted by Gasteiger charge is 2.74.